The van der Waals surface area contributed by atoms with Gasteiger partial charge in [-0.3, -0.25) is 0 Å². The maximum Gasteiger partial charge on any atom is 0.214 e. The second-order valence-corrected chi connectivity index (χ2v) is 3.47. The van der Waals surface area contributed by atoms with Crippen molar-refractivity contribution in [2.45, 2.75) is 12.3 Å². The van der Waals surface area contributed by atoms with Crippen molar-refractivity contribution < 1.29 is 4.74 Å². The Hall–Kier alpha value is -0.960. The number of aromatic nitrogens is 1. The smallest absolute Gasteiger partial charge is 0.214 e. The molecule has 1 atom stereocenters. The van der Waals surface area contributed by atoms with Crippen molar-refractivity contribution in [1.29, 1.82) is 0 Å². The molecule has 0 aliphatic carbocycles. The molecule has 13 heavy (non-hydrogen) atoms. The summed E-state index contributed by atoms with van der Waals surface area (Å²) in [6, 6.07) is 5.56. The number of nitrogens with zero attached hydrogens (tertiary/aromatic N) is 1. The van der Waals surface area contributed by atoms with E-state index in [1.165, 1.54) is 0 Å². The van der Waals surface area contributed by atoms with E-state index in [1.54, 1.807) is 13.2 Å². The van der Waals surface area contributed by atoms with E-state index < -0.39 is 0 Å². The summed E-state index contributed by atoms with van der Waals surface area (Å²) in [5.41, 5.74) is 0. The van der Waals surface area contributed by atoms with E-state index in [1.807, 2.05) is 19.1 Å². The molecule has 1 unspecified atom stereocenters. The second kappa shape index (κ2) is 4.92. The molecule has 3 nitrogen and oxygen atoms in total. The quantitative estimate of drug-likeness (QED) is 0.757. The molecular formula is C9H13ClN2O. The van der Waals surface area contributed by atoms with Gasteiger partial charge < -0.3 is 10.1 Å². The van der Waals surface area contributed by atoms with Gasteiger partial charge in [0.25, 0.3) is 0 Å². The molecule has 0 amide bonds. The zero-order valence-corrected chi connectivity index (χ0v) is 8.51. The molecule has 1 aromatic rings. The average Bonchev–Trinajstić information content (AvgIpc) is 2.15. The number of hydrogen-bond donors (Lipinski definition) is 1. The minimum absolute atomic E-state index is 0.0907. The number of anilines is 1. The molecule has 1 heterocycles. The van der Waals surface area contributed by atoms with E-state index in [4.69, 9.17) is 16.3 Å². The van der Waals surface area contributed by atoms with Crippen LogP contribution in [0.2, 0.25) is 0 Å². The second-order valence-electron chi connectivity index (χ2n) is 2.73. The van der Waals surface area contributed by atoms with E-state index in [0.717, 1.165) is 5.82 Å². The largest absolute Gasteiger partial charge is 0.481 e. The predicted molar refractivity (Wildman–Crippen MR) is 54.6 cm³/mol. The van der Waals surface area contributed by atoms with Gasteiger partial charge in [-0.15, -0.1) is 11.6 Å². The predicted octanol–water partition coefficient (Wildman–Crippen LogP) is 2.13. The van der Waals surface area contributed by atoms with Crippen LogP contribution in [0.3, 0.4) is 0 Å². The molecular weight excluding hydrogens is 188 g/mol. The van der Waals surface area contributed by atoms with E-state index in [0.29, 0.717) is 12.4 Å². The van der Waals surface area contributed by atoms with Gasteiger partial charge in [0.2, 0.25) is 5.88 Å². The summed E-state index contributed by atoms with van der Waals surface area (Å²) in [6.45, 7) is 2.62. The maximum absolute atomic E-state index is 5.78. The van der Waals surface area contributed by atoms with Crippen LogP contribution in [0.5, 0.6) is 5.88 Å². The lowest BCUT2D eigenvalue weighted by molar-refractivity contribution is 0.398. The highest BCUT2D eigenvalue weighted by molar-refractivity contribution is 6.20. The first kappa shape index (κ1) is 10.1. The number of rotatable bonds is 4. The summed E-state index contributed by atoms with van der Waals surface area (Å²) in [7, 11) is 1.59. The van der Waals surface area contributed by atoms with Gasteiger partial charge in [0.05, 0.1) is 7.11 Å². The summed E-state index contributed by atoms with van der Waals surface area (Å²) < 4.78 is 4.98. The Morgan fingerprint density at radius 3 is 3.00 bits per heavy atom. The number of halogens is 1. The van der Waals surface area contributed by atoms with Crippen LogP contribution in [0.1, 0.15) is 6.92 Å². The van der Waals surface area contributed by atoms with Crippen LogP contribution in [0.15, 0.2) is 18.2 Å². The molecule has 1 N–H and O–H groups in total. The SMILES string of the molecule is COc1cccc(NCC(C)Cl)n1. The van der Waals surface area contributed by atoms with Gasteiger partial charge in [-0.1, -0.05) is 6.07 Å². The highest BCUT2D eigenvalue weighted by atomic mass is 35.5. The van der Waals surface area contributed by atoms with Crippen LogP contribution in [-0.2, 0) is 0 Å². The van der Waals surface area contributed by atoms with Gasteiger partial charge in [-0.05, 0) is 13.0 Å². The molecule has 4 heteroatoms. The Balaban J connectivity index is 2.56. The van der Waals surface area contributed by atoms with Crippen molar-refractivity contribution in [3.63, 3.8) is 0 Å². The van der Waals surface area contributed by atoms with E-state index in [-0.39, 0.29) is 5.38 Å². The van der Waals surface area contributed by atoms with Crippen molar-refractivity contribution in [2.24, 2.45) is 0 Å². The Kier molecular flexibility index (Phi) is 3.83. The molecule has 0 saturated carbocycles. The Labute approximate surface area is 83.1 Å². The number of ether oxygens (including phenoxy) is 1. The maximum atomic E-state index is 5.78. The molecule has 0 aromatic carbocycles. The highest BCUT2D eigenvalue weighted by Gasteiger charge is 1.98. The van der Waals surface area contributed by atoms with Crippen LogP contribution < -0.4 is 10.1 Å². The molecule has 72 valence electrons. The van der Waals surface area contributed by atoms with E-state index in [9.17, 15) is 0 Å². The Morgan fingerprint density at radius 2 is 2.38 bits per heavy atom. The number of methoxy groups -OCH3 is 1. The number of pyridine rings is 1. The summed E-state index contributed by atoms with van der Waals surface area (Å²) >= 11 is 5.78. The highest BCUT2D eigenvalue weighted by Crippen LogP contribution is 2.10. The topological polar surface area (TPSA) is 34.1 Å². The van der Waals surface area contributed by atoms with Crippen molar-refractivity contribution in [1.82, 2.24) is 4.98 Å². The minimum Gasteiger partial charge on any atom is -0.481 e. The van der Waals surface area contributed by atoms with Crippen LogP contribution in [0, 0.1) is 0 Å². The minimum atomic E-state index is 0.0907. The third-order valence-electron chi connectivity index (χ3n) is 1.50. The summed E-state index contributed by atoms with van der Waals surface area (Å²) in [5.74, 6) is 1.39. The number of alkyl halides is 1. The van der Waals surface area contributed by atoms with Crippen LogP contribution in [0.25, 0.3) is 0 Å². The summed E-state index contributed by atoms with van der Waals surface area (Å²) in [5, 5.41) is 3.19. The molecule has 1 rings (SSSR count). The Bertz CT molecular complexity index is 266. The molecule has 0 saturated heterocycles. The van der Waals surface area contributed by atoms with Gasteiger partial charge in [0.1, 0.15) is 5.82 Å². The van der Waals surface area contributed by atoms with E-state index in [2.05, 4.69) is 10.3 Å². The van der Waals surface area contributed by atoms with Crippen LogP contribution >= 0.6 is 11.6 Å². The molecule has 0 radical (unpaired) electrons. The van der Waals surface area contributed by atoms with Gasteiger partial charge in [-0.2, -0.15) is 4.98 Å². The molecule has 1 aromatic heterocycles. The van der Waals surface area contributed by atoms with Crippen LogP contribution in [-0.4, -0.2) is 24.0 Å². The third-order valence-corrected chi connectivity index (χ3v) is 1.65. The number of hydrogen-bond acceptors (Lipinski definition) is 3. The lowest BCUT2D eigenvalue weighted by atomic mass is 10.4. The molecule has 0 spiro atoms. The molecule has 0 bridgehead atoms. The Morgan fingerprint density at radius 1 is 1.62 bits per heavy atom. The first-order chi connectivity index (χ1) is 6.22. The van der Waals surface area contributed by atoms with Gasteiger partial charge in [0.15, 0.2) is 0 Å². The first-order valence-electron chi connectivity index (χ1n) is 4.11. The van der Waals surface area contributed by atoms with Crippen molar-refractivity contribution in [3.8, 4) is 5.88 Å². The number of nitrogens with one attached hydrogen (secondary N) is 1. The monoisotopic (exact) mass is 200 g/mol. The summed E-state index contributed by atoms with van der Waals surface area (Å²) in [4.78, 5) is 4.17. The molecule has 0 aliphatic rings. The lowest BCUT2D eigenvalue weighted by Crippen LogP contribution is -2.11. The zero-order valence-electron chi connectivity index (χ0n) is 7.75. The lowest BCUT2D eigenvalue weighted by Gasteiger charge is -2.07. The fourth-order valence-corrected chi connectivity index (χ4v) is 0.949. The van der Waals surface area contributed by atoms with Crippen molar-refractivity contribution in [3.05, 3.63) is 18.2 Å². The van der Waals surface area contributed by atoms with Gasteiger partial charge >= 0.3 is 0 Å². The third kappa shape index (κ3) is 3.51. The van der Waals surface area contributed by atoms with E-state index >= 15 is 0 Å². The molecule has 0 aliphatic heterocycles. The van der Waals surface area contributed by atoms with Crippen molar-refractivity contribution >= 4 is 17.4 Å². The fraction of sp³-hybridized carbons (Fsp3) is 0.444. The molecule has 0 fully saturated rings. The normalized spacial score (nSPS) is 12.2. The van der Waals surface area contributed by atoms with Gasteiger partial charge in [-0.25, -0.2) is 0 Å². The standard InChI is InChI=1S/C9H13ClN2O/c1-7(10)6-11-8-4-3-5-9(12-8)13-2/h3-5,7H,6H2,1-2H3,(H,11,12). The summed E-state index contributed by atoms with van der Waals surface area (Å²) in [6.07, 6.45) is 0. The average molecular weight is 201 g/mol. The van der Waals surface area contributed by atoms with Crippen LogP contribution in [0.4, 0.5) is 5.82 Å². The zero-order chi connectivity index (χ0) is 9.68. The fourth-order valence-electron chi connectivity index (χ4n) is 0.872. The van der Waals surface area contributed by atoms with Crippen molar-refractivity contribution in [2.75, 3.05) is 19.0 Å². The van der Waals surface area contributed by atoms with Gasteiger partial charge in [0, 0.05) is 18.0 Å². The first-order valence-corrected chi connectivity index (χ1v) is 4.55.